The van der Waals surface area contributed by atoms with Crippen LogP contribution in [-0.2, 0) is 27.9 Å². The Morgan fingerprint density at radius 2 is 2.04 bits per heavy atom. The fourth-order valence-electron chi connectivity index (χ4n) is 1.77. The molecule has 2 unspecified atom stereocenters. The molecule has 9 heteroatoms. The first-order chi connectivity index (χ1) is 11.0. The van der Waals surface area contributed by atoms with E-state index < -0.39 is 25.3 Å². The Balaban J connectivity index is 4.13. The first-order valence-corrected chi connectivity index (χ1v) is 9.19. The molecule has 0 saturated heterocycles. The van der Waals surface area contributed by atoms with E-state index in [2.05, 4.69) is 27.9 Å². The lowest BCUT2D eigenvalue weighted by Crippen LogP contribution is -2.39. The SMILES string of the molecule is C=CC(C)CCCC(C)(C)OC(=O)C(=O)NCCOP(=O)(O)OC. The van der Waals surface area contributed by atoms with Crippen molar-refractivity contribution in [2.45, 2.75) is 45.6 Å². The van der Waals surface area contributed by atoms with Crippen LogP contribution in [0.2, 0.25) is 0 Å². The number of carbonyl (C=O) groups is 2. The van der Waals surface area contributed by atoms with E-state index in [0.29, 0.717) is 12.3 Å². The predicted molar refractivity (Wildman–Crippen MR) is 89.2 cm³/mol. The summed E-state index contributed by atoms with van der Waals surface area (Å²) < 4.78 is 24.9. The molecule has 0 heterocycles. The number of phosphoric ester groups is 1. The van der Waals surface area contributed by atoms with Crippen LogP contribution in [0.25, 0.3) is 0 Å². The van der Waals surface area contributed by atoms with Crippen molar-refractivity contribution in [1.29, 1.82) is 0 Å². The summed E-state index contributed by atoms with van der Waals surface area (Å²) in [6.07, 6.45) is 4.25. The van der Waals surface area contributed by atoms with Crippen molar-refractivity contribution in [1.82, 2.24) is 5.32 Å². The highest BCUT2D eigenvalue weighted by molar-refractivity contribution is 7.47. The van der Waals surface area contributed by atoms with Crippen molar-refractivity contribution in [2.24, 2.45) is 5.92 Å². The average Bonchev–Trinajstić information content (AvgIpc) is 2.50. The molecule has 0 fully saturated rings. The van der Waals surface area contributed by atoms with Gasteiger partial charge < -0.3 is 14.9 Å². The van der Waals surface area contributed by atoms with Gasteiger partial charge in [0.1, 0.15) is 5.60 Å². The Hall–Kier alpha value is -1.21. The number of phosphoric acid groups is 1. The Labute approximate surface area is 143 Å². The number of ether oxygens (including phenoxy) is 1. The molecule has 140 valence electrons. The summed E-state index contributed by atoms with van der Waals surface area (Å²) in [6, 6.07) is 0. The fraction of sp³-hybridized carbons (Fsp3) is 0.733. The van der Waals surface area contributed by atoms with Gasteiger partial charge in [-0.2, -0.15) is 0 Å². The van der Waals surface area contributed by atoms with E-state index in [-0.39, 0.29) is 13.2 Å². The summed E-state index contributed by atoms with van der Waals surface area (Å²) in [7, 11) is -3.07. The van der Waals surface area contributed by atoms with Gasteiger partial charge in [-0.25, -0.2) is 9.36 Å². The van der Waals surface area contributed by atoms with Gasteiger partial charge in [-0.3, -0.25) is 13.8 Å². The molecule has 0 aromatic heterocycles. The quantitative estimate of drug-likeness (QED) is 0.190. The number of hydrogen-bond donors (Lipinski definition) is 2. The van der Waals surface area contributed by atoms with Crippen LogP contribution in [0, 0.1) is 5.92 Å². The Bertz CT molecular complexity index is 478. The third-order valence-corrected chi connectivity index (χ3v) is 4.24. The summed E-state index contributed by atoms with van der Waals surface area (Å²) in [6.45, 7) is 8.84. The van der Waals surface area contributed by atoms with E-state index >= 15 is 0 Å². The number of carbonyl (C=O) groups excluding carboxylic acids is 2. The van der Waals surface area contributed by atoms with Crippen LogP contribution in [0.3, 0.4) is 0 Å². The molecule has 1 amide bonds. The maximum absolute atomic E-state index is 11.7. The molecule has 2 atom stereocenters. The van der Waals surface area contributed by atoms with Crippen molar-refractivity contribution in [3.8, 4) is 0 Å². The number of hydrogen-bond acceptors (Lipinski definition) is 6. The Morgan fingerprint density at radius 3 is 2.58 bits per heavy atom. The van der Waals surface area contributed by atoms with E-state index in [1.54, 1.807) is 13.8 Å². The molecular weight excluding hydrogens is 337 g/mol. The standard InChI is InChI=1S/C15H28NO7P/c1-6-12(2)8-7-9-15(3,4)23-14(18)13(17)16-10-11-22-24(19,20)21-5/h6,12H,1,7-11H2,2-5H3,(H,16,17)(H,19,20). The molecule has 24 heavy (non-hydrogen) atoms. The van der Waals surface area contributed by atoms with Crippen LogP contribution in [0.15, 0.2) is 12.7 Å². The van der Waals surface area contributed by atoms with E-state index in [9.17, 15) is 14.2 Å². The molecular formula is C15H28NO7P. The fourth-order valence-corrected chi connectivity index (χ4v) is 2.19. The van der Waals surface area contributed by atoms with Crippen LogP contribution >= 0.6 is 7.82 Å². The Kier molecular flexibility index (Phi) is 10.1. The largest absolute Gasteiger partial charge is 0.471 e. The summed E-state index contributed by atoms with van der Waals surface area (Å²) >= 11 is 0. The minimum atomic E-state index is -4.09. The second-order valence-corrected chi connectivity index (χ2v) is 7.56. The molecule has 8 nitrogen and oxygen atoms in total. The van der Waals surface area contributed by atoms with Gasteiger partial charge in [0.05, 0.1) is 6.61 Å². The van der Waals surface area contributed by atoms with Gasteiger partial charge in [0.25, 0.3) is 0 Å². The molecule has 2 N–H and O–H groups in total. The van der Waals surface area contributed by atoms with Crippen molar-refractivity contribution in [2.75, 3.05) is 20.3 Å². The average molecular weight is 365 g/mol. The van der Waals surface area contributed by atoms with Crippen LogP contribution in [-0.4, -0.2) is 42.6 Å². The maximum atomic E-state index is 11.7. The molecule has 0 aromatic carbocycles. The molecule has 0 aliphatic heterocycles. The summed E-state index contributed by atoms with van der Waals surface area (Å²) in [4.78, 5) is 32.4. The lowest BCUT2D eigenvalue weighted by molar-refractivity contribution is -0.165. The van der Waals surface area contributed by atoms with Crippen molar-refractivity contribution in [3.63, 3.8) is 0 Å². The third kappa shape index (κ3) is 10.5. The molecule has 0 saturated carbocycles. The minimum Gasteiger partial charge on any atom is -0.453 e. The highest BCUT2D eigenvalue weighted by Gasteiger charge is 2.27. The van der Waals surface area contributed by atoms with E-state index in [1.165, 1.54) is 0 Å². The van der Waals surface area contributed by atoms with E-state index in [1.807, 2.05) is 6.08 Å². The maximum Gasteiger partial charge on any atom is 0.471 e. The zero-order valence-corrected chi connectivity index (χ0v) is 15.6. The molecule has 0 radical (unpaired) electrons. The van der Waals surface area contributed by atoms with Gasteiger partial charge in [-0.15, -0.1) is 6.58 Å². The third-order valence-electron chi connectivity index (χ3n) is 3.27. The number of amides is 1. The van der Waals surface area contributed by atoms with Gasteiger partial charge in [0.2, 0.25) is 0 Å². The van der Waals surface area contributed by atoms with Crippen molar-refractivity contribution in [3.05, 3.63) is 12.7 Å². The molecule has 0 aliphatic carbocycles. The Morgan fingerprint density at radius 1 is 1.42 bits per heavy atom. The van der Waals surface area contributed by atoms with E-state index in [4.69, 9.17) is 9.63 Å². The molecule has 0 bridgehead atoms. The second kappa shape index (κ2) is 10.6. The number of allylic oxidation sites excluding steroid dienone is 1. The normalized spacial score (nSPS) is 15.2. The smallest absolute Gasteiger partial charge is 0.453 e. The van der Waals surface area contributed by atoms with Crippen LogP contribution in [0.4, 0.5) is 0 Å². The van der Waals surface area contributed by atoms with E-state index in [0.717, 1.165) is 20.0 Å². The molecule has 0 aliphatic rings. The topological polar surface area (TPSA) is 111 Å². The highest BCUT2D eigenvalue weighted by Crippen LogP contribution is 2.41. The van der Waals surface area contributed by atoms with Gasteiger partial charge in [0, 0.05) is 13.7 Å². The van der Waals surface area contributed by atoms with Crippen LogP contribution in [0.1, 0.15) is 40.0 Å². The van der Waals surface area contributed by atoms with Crippen molar-refractivity contribution < 1.29 is 32.8 Å². The number of rotatable bonds is 11. The van der Waals surface area contributed by atoms with Crippen molar-refractivity contribution >= 4 is 19.7 Å². The molecule has 0 aromatic rings. The second-order valence-electron chi connectivity index (χ2n) is 5.99. The number of esters is 1. The zero-order valence-electron chi connectivity index (χ0n) is 14.7. The molecule has 0 spiro atoms. The first-order valence-electron chi connectivity index (χ1n) is 7.70. The monoisotopic (exact) mass is 365 g/mol. The minimum absolute atomic E-state index is 0.126. The van der Waals surface area contributed by atoms with Gasteiger partial charge in [-0.1, -0.05) is 13.0 Å². The van der Waals surface area contributed by atoms with Crippen LogP contribution in [0.5, 0.6) is 0 Å². The lowest BCUT2D eigenvalue weighted by atomic mass is 9.97. The summed E-state index contributed by atoms with van der Waals surface area (Å²) in [5, 5.41) is 2.25. The van der Waals surface area contributed by atoms with Gasteiger partial charge in [-0.05, 0) is 39.0 Å². The van der Waals surface area contributed by atoms with Gasteiger partial charge >= 0.3 is 19.7 Å². The lowest BCUT2D eigenvalue weighted by Gasteiger charge is -2.25. The highest BCUT2D eigenvalue weighted by atomic mass is 31.2. The first kappa shape index (κ1) is 22.8. The summed E-state index contributed by atoms with van der Waals surface area (Å²) in [5.41, 5.74) is -0.761. The summed E-state index contributed by atoms with van der Waals surface area (Å²) in [5.74, 6) is -1.55. The number of nitrogens with one attached hydrogen (secondary N) is 1. The predicted octanol–water partition coefficient (Wildman–Crippen LogP) is 2.18. The zero-order chi connectivity index (χ0) is 18.8. The molecule has 0 rings (SSSR count). The van der Waals surface area contributed by atoms with Crippen LogP contribution < -0.4 is 5.32 Å². The van der Waals surface area contributed by atoms with Gasteiger partial charge in [0.15, 0.2) is 0 Å².